The molecule has 16 heavy (non-hydrogen) atoms. The second-order valence-electron chi connectivity index (χ2n) is 4.46. The van der Waals surface area contributed by atoms with Crippen LogP contribution in [-0.4, -0.2) is 5.91 Å². The number of hydrogen-bond donors (Lipinski definition) is 1. The topological polar surface area (TPSA) is 29.1 Å². The van der Waals surface area contributed by atoms with E-state index in [0.717, 1.165) is 18.0 Å². The van der Waals surface area contributed by atoms with E-state index in [9.17, 15) is 4.79 Å². The molecule has 1 aromatic rings. The second kappa shape index (κ2) is 7.91. The van der Waals surface area contributed by atoms with Crippen molar-refractivity contribution < 1.29 is 4.79 Å². The van der Waals surface area contributed by atoms with E-state index in [4.69, 9.17) is 0 Å². The van der Waals surface area contributed by atoms with Crippen LogP contribution in [0.5, 0.6) is 0 Å². The van der Waals surface area contributed by atoms with Gasteiger partial charge in [0.25, 0.3) is 0 Å². The average Bonchev–Trinajstić information content (AvgIpc) is 2.17. The summed E-state index contributed by atoms with van der Waals surface area (Å²) in [6.45, 7) is 10.1. The molecule has 0 fully saturated rings. The summed E-state index contributed by atoms with van der Waals surface area (Å²) in [7, 11) is 0. The van der Waals surface area contributed by atoms with Gasteiger partial charge in [0.2, 0.25) is 5.91 Å². The van der Waals surface area contributed by atoms with Crippen LogP contribution in [-0.2, 0) is 11.2 Å². The van der Waals surface area contributed by atoms with Crippen molar-refractivity contribution in [3.8, 4) is 0 Å². The van der Waals surface area contributed by atoms with Crippen molar-refractivity contribution in [3.05, 3.63) is 29.8 Å². The second-order valence-corrected chi connectivity index (χ2v) is 4.46. The number of anilines is 1. The van der Waals surface area contributed by atoms with Gasteiger partial charge in [-0.1, -0.05) is 39.8 Å². The number of carbonyl (C=O) groups is 1. The number of amides is 1. The van der Waals surface area contributed by atoms with Gasteiger partial charge in [0, 0.05) is 12.6 Å². The molecule has 0 saturated carbocycles. The molecule has 0 atom stereocenters. The van der Waals surface area contributed by atoms with Crippen molar-refractivity contribution in [1.29, 1.82) is 0 Å². The van der Waals surface area contributed by atoms with Gasteiger partial charge in [0.15, 0.2) is 0 Å². The van der Waals surface area contributed by atoms with Crippen LogP contribution in [0.1, 0.15) is 40.2 Å². The Morgan fingerprint density at radius 2 is 1.62 bits per heavy atom. The first-order valence-electron chi connectivity index (χ1n) is 5.82. The van der Waals surface area contributed by atoms with E-state index in [-0.39, 0.29) is 5.91 Å². The number of benzene rings is 1. The molecule has 0 aliphatic rings. The Hall–Kier alpha value is -1.31. The van der Waals surface area contributed by atoms with E-state index >= 15 is 0 Å². The highest BCUT2D eigenvalue weighted by Crippen LogP contribution is 2.09. The van der Waals surface area contributed by atoms with Crippen molar-refractivity contribution in [2.45, 2.75) is 41.0 Å². The van der Waals surface area contributed by atoms with Crippen LogP contribution in [0, 0.1) is 5.92 Å². The Bertz CT molecular complexity index is 298. The summed E-state index contributed by atoms with van der Waals surface area (Å²) in [5, 5.41) is 2.72. The van der Waals surface area contributed by atoms with Crippen LogP contribution >= 0.6 is 0 Å². The van der Waals surface area contributed by atoms with Gasteiger partial charge in [0.1, 0.15) is 0 Å². The smallest absolute Gasteiger partial charge is 0.221 e. The minimum Gasteiger partial charge on any atom is -0.326 e. The molecular formula is C14H23NO. The molecule has 0 aliphatic heterocycles. The molecule has 0 bridgehead atoms. The largest absolute Gasteiger partial charge is 0.326 e. The maximum absolute atomic E-state index is 10.7. The molecule has 0 spiro atoms. The molecule has 1 aromatic carbocycles. The third kappa shape index (κ3) is 8.04. The van der Waals surface area contributed by atoms with Gasteiger partial charge >= 0.3 is 0 Å². The summed E-state index contributed by atoms with van der Waals surface area (Å²) in [5.74, 6) is 0.805. The molecule has 2 heteroatoms. The molecule has 0 radical (unpaired) electrons. The highest BCUT2D eigenvalue weighted by atomic mass is 16.1. The molecule has 0 aliphatic carbocycles. The minimum atomic E-state index is -0.0285. The van der Waals surface area contributed by atoms with Gasteiger partial charge < -0.3 is 5.32 Å². The summed E-state index contributed by atoms with van der Waals surface area (Å²) in [4.78, 5) is 10.7. The monoisotopic (exact) mass is 221 g/mol. The van der Waals surface area contributed by atoms with E-state index in [1.165, 1.54) is 12.5 Å². The van der Waals surface area contributed by atoms with Gasteiger partial charge in [-0.15, -0.1) is 0 Å². The fraction of sp³-hybridized carbons (Fsp3) is 0.500. The first-order valence-corrected chi connectivity index (χ1v) is 5.82. The lowest BCUT2D eigenvalue weighted by atomic mass is 10.1. The van der Waals surface area contributed by atoms with Crippen LogP contribution in [0.15, 0.2) is 24.3 Å². The molecular weight excluding hydrogens is 198 g/mol. The Labute approximate surface area is 99.1 Å². The third-order valence-electron chi connectivity index (χ3n) is 1.68. The van der Waals surface area contributed by atoms with Gasteiger partial charge in [0.05, 0.1) is 0 Å². The Morgan fingerprint density at radius 1 is 1.19 bits per heavy atom. The molecule has 0 saturated heterocycles. The Kier molecular flexibility index (Phi) is 7.27. The number of nitrogens with one attached hydrogen (secondary N) is 1. The summed E-state index contributed by atoms with van der Waals surface area (Å²) >= 11 is 0. The van der Waals surface area contributed by atoms with Crippen LogP contribution in [0.4, 0.5) is 5.69 Å². The van der Waals surface area contributed by atoms with Crippen molar-refractivity contribution in [1.82, 2.24) is 0 Å². The summed E-state index contributed by atoms with van der Waals surface area (Å²) in [6.07, 6.45) is 1.03. The SMILES string of the molecule is CC(C)C.CCc1ccc(NC(C)=O)cc1. The summed E-state index contributed by atoms with van der Waals surface area (Å²) in [5.41, 5.74) is 2.14. The third-order valence-corrected chi connectivity index (χ3v) is 1.68. The van der Waals surface area contributed by atoms with Crippen molar-refractivity contribution >= 4 is 11.6 Å². The van der Waals surface area contributed by atoms with E-state index in [1.807, 2.05) is 24.3 Å². The molecule has 90 valence electrons. The Morgan fingerprint density at radius 3 is 1.94 bits per heavy atom. The van der Waals surface area contributed by atoms with Crippen molar-refractivity contribution in [2.24, 2.45) is 5.92 Å². The lowest BCUT2D eigenvalue weighted by Gasteiger charge is -2.01. The fourth-order valence-corrected chi connectivity index (χ4v) is 1.03. The molecule has 1 rings (SSSR count). The van der Waals surface area contributed by atoms with Crippen LogP contribution in [0.3, 0.4) is 0 Å². The Balaban J connectivity index is 0.000000487. The van der Waals surface area contributed by atoms with Crippen molar-refractivity contribution in [3.63, 3.8) is 0 Å². The molecule has 0 unspecified atom stereocenters. The quantitative estimate of drug-likeness (QED) is 0.807. The maximum Gasteiger partial charge on any atom is 0.221 e. The minimum absolute atomic E-state index is 0.0285. The van der Waals surface area contributed by atoms with E-state index < -0.39 is 0 Å². The van der Waals surface area contributed by atoms with Gasteiger partial charge in [-0.2, -0.15) is 0 Å². The molecule has 1 N–H and O–H groups in total. The van der Waals surface area contributed by atoms with Crippen LogP contribution < -0.4 is 5.32 Å². The molecule has 0 aromatic heterocycles. The van der Waals surface area contributed by atoms with E-state index in [0.29, 0.717) is 0 Å². The standard InChI is InChI=1S/C10H13NO.C4H10/c1-3-9-4-6-10(7-5-9)11-8(2)12;1-4(2)3/h4-7H,3H2,1-2H3,(H,11,12);4H,1-3H3. The lowest BCUT2D eigenvalue weighted by Crippen LogP contribution is -2.05. The predicted octanol–water partition coefficient (Wildman–Crippen LogP) is 3.87. The highest BCUT2D eigenvalue weighted by Gasteiger charge is 1.93. The van der Waals surface area contributed by atoms with Gasteiger partial charge in [-0.25, -0.2) is 0 Å². The predicted molar refractivity (Wildman–Crippen MR) is 70.6 cm³/mol. The fourth-order valence-electron chi connectivity index (χ4n) is 1.03. The highest BCUT2D eigenvalue weighted by molar-refractivity contribution is 5.88. The molecule has 2 nitrogen and oxygen atoms in total. The van der Waals surface area contributed by atoms with Crippen LogP contribution in [0.2, 0.25) is 0 Å². The molecule has 0 heterocycles. The first kappa shape index (κ1) is 14.7. The first-order chi connectivity index (χ1) is 7.45. The number of carbonyl (C=O) groups excluding carboxylic acids is 1. The van der Waals surface area contributed by atoms with E-state index in [2.05, 4.69) is 33.0 Å². The summed E-state index contributed by atoms with van der Waals surface area (Å²) in [6, 6.07) is 7.87. The zero-order valence-electron chi connectivity index (χ0n) is 11.0. The number of hydrogen-bond acceptors (Lipinski definition) is 1. The number of aryl methyl sites for hydroxylation is 1. The number of rotatable bonds is 2. The van der Waals surface area contributed by atoms with Crippen LogP contribution in [0.25, 0.3) is 0 Å². The zero-order valence-corrected chi connectivity index (χ0v) is 11.0. The average molecular weight is 221 g/mol. The lowest BCUT2D eigenvalue weighted by molar-refractivity contribution is -0.114. The maximum atomic E-state index is 10.7. The van der Waals surface area contributed by atoms with Gasteiger partial charge in [-0.3, -0.25) is 4.79 Å². The van der Waals surface area contributed by atoms with Gasteiger partial charge in [-0.05, 0) is 30.0 Å². The summed E-state index contributed by atoms with van der Waals surface area (Å²) < 4.78 is 0. The zero-order chi connectivity index (χ0) is 12.6. The molecule has 1 amide bonds. The van der Waals surface area contributed by atoms with Crippen molar-refractivity contribution in [2.75, 3.05) is 5.32 Å². The normalized spacial score (nSPS) is 9.38. The van der Waals surface area contributed by atoms with E-state index in [1.54, 1.807) is 0 Å².